The van der Waals surface area contributed by atoms with E-state index < -0.39 is 0 Å². The fourth-order valence-corrected chi connectivity index (χ4v) is 18.8. The Morgan fingerprint density at radius 2 is 0.738 bits per heavy atom. The number of likely N-dealkylation sites (tertiary alicyclic amines) is 1. The van der Waals surface area contributed by atoms with Crippen molar-refractivity contribution < 1.29 is 57.2 Å². The molecule has 762 valence electrons. The third-order valence-corrected chi connectivity index (χ3v) is 27.2. The van der Waals surface area contributed by atoms with Crippen LogP contribution in [0.2, 0.25) is 0 Å². The number of nitriles is 4. The molecule has 8 aliphatic rings. The summed E-state index contributed by atoms with van der Waals surface area (Å²) in [5.41, 5.74) is 11.2. The summed E-state index contributed by atoms with van der Waals surface area (Å²) in [7, 11) is 1.74. The van der Waals surface area contributed by atoms with Crippen molar-refractivity contribution in [2.75, 3.05) is 243 Å². The molecule has 42 heteroatoms. The number of nitrogens with zero attached hydrogens (tertiary/aromatic N) is 27. The first-order valence-electron chi connectivity index (χ1n) is 49.2. The largest absolute Gasteiger partial charge is 0.492 e. The SMILES string of the molecule is C#CC(=O)N1CCN(c2ccc(-c3cc(OCC4CCN(CCOC)CC4)cn4ncc(C#N)c34)cn2)CC1.C#CC(=O)N1CCN(c2ccc(-c3cc(OCCN4CCNC(=O)C4)cn4ncc(C#N)c34)cn2)CC1.C#CC(=O)N1CCN(c2ccc(-c3cc(OCCN4CNC(=O)C4)cn4ncc(C#N)c34)cn2)CC1.C#CC(=O)N1CCN(c2ccc(-c3cc(OC[C@@H]4CNC(C)(C)CO4)cn4ncc(C#N)c34)cn2)CC1. The monoisotopic (exact) mass is 2010 g/mol. The maximum atomic E-state index is 11.8. The lowest BCUT2D eigenvalue weighted by molar-refractivity contribution is -0.126. The highest BCUT2D eigenvalue weighted by molar-refractivity contribution is 5.96. The van der Waals surface area contributed by atoms with Crippen LogP contribution in [0, 0.1) is 101 Å². The second-order valence-corrected chi connectivity index (χ2v) is 37.3. The number of hydrogen-bond acceptors (Lipinski definition) is 32. The number of nitrogens with one attached hydrogen (secondary N) is 3. The van der Waals surface area contributed by atoms with Gasteiger partial charge < -0.3 is 88.5 Å². The third kappa shape index (κ3) is 25.0. The van der Waals surface area contributed by atoms with Crippen LogP contribution in [0.4, 0.5) is 23.3 Å². The smallest absolute Gasteiger partial charge is 0.298 e. The molecule has 0 bridgehead atoms. The van der Waals surface area contributed by atoms with Gasteiger partial charge in [-0.3, -0.25) is 38.6 Å². The molecule has 0 saturated carbocycles. The van der Waals surface area contributed by atoms with Gasteiger partial charge in [0.1, 0.15) is 96.5 Å². The highest BCUT2D eigenvalue weighted by Gasteiger charge is 2.32. The Balaban J connectivity index is 0.000000135. The standard InChI is InChI=1S/C29H33N7O3.C27H29N7O3.C26H26N8O3.C25H24N8O3/c1-3-28(37)35-12-10-34(11-13-35)27-5-4-23(18-31-27)26-16-25(20-36-29(26)24(17-30)19-32-36)39-21-22-6-8-33(9-7-22)14-15-38-2;1-4-25(35)33-9-7-32(8-10-33)24-6-5-19(13-29-24)23-11-21(16-34-26(23)20(12-28)14-31-34)36-17-22-15-30-27(2,3)18-37-22;1-2-25(36)33-9-7-32(8-10-33)23-4-3-19(15-29-23)22-13-21(17-34-26(22)20(14-27)16-30-34)37-12-11-31-6-5-28-24(35)18-31;1-2-24(35)32-7-5-31(6-8-32)22-4-3-18(13-27-22)21-11-20(15-33-25(21)19(12-26)14-29-33)36-10-9-30-16-23(34)28-17-30/h1,4-5,16,18-20,22H,6-15,21H2,2H3;1,5-6,11,13-14,16,22,30H,7-10,15,17-18H2,2-3H3;1,3-4,13,15-17H,5-12,18H2,(H,28,35);1,3-4,11,13-15H,5-10,16-17H2,(H,28,34)/t;22-;;/m.0../s1. The topological polar surface area (TPSA) is 445 Å². The highest BCUT2D eigenvalue weighted by Crippen LogP contribution is 2.38. The van der Waals surface area contributed by atoms with Crippen LogP contribution >= 0.6 is 0 Å². The van der Waals surface area contributed by atoms with Crippen LogP contribution in [-0.4, -0.2) is 363 Å². The number of anilines is 4. The van der Waals surface area contributed by atoms with Gasteiger partial charge in [-0.15, -0.1) is 25.7 Å². The van der Waals surface area contributed by atoms with Crippen molar-refractivity contribution in [3.8, 4) is 141 Å². The molecule has 0 unspecified atom stereocenters. The van der Waals surface area contributed by atoms with Gasteiger partial charge in [0.15, 0.2) is 0 Å². The average molecular weight is 2010 g/mol. The predicted molar refractivity (Wildman–Crippen MR) is 552 cm³/mol. The van der Waals surface area contributed by atoms with Crippen LogP contribution in [0.15, 0.2) is 147 Å². The molecule has 12 aromatic rings. The van der Waals surface area contributed by atoms with Crippen LogP contribution in [0.25, 0.3) is 66.6 Å². The molecular weight excluding hydrogens is 1900 g/mol. The van der Waals surface area contributed by atoms with Gasteiger partial charge in [0.2, 0.25) is 11.8 Å². The van der Waals surface area contributed by atoms with Gasteiger partial charge in [-0.1, -0.05) is 0 Å². The molecule has 0 radical (unpaired) electrons. The molecule has 1 atom stereocenters. The molecule has 20 heterocycles. The van der Waals surface area contributed by atoms with Crippen molar-refractivity contribution >= 4 is 80.8 Å². The van der Waals surface area contributed by atoms with Gasteiger partial charge in [-0.2, -0.15) is 41.4 Å². The Hall–Kier alpha value is -17.5. The maximum Gasteiger partial charge on any atom is 0.298 e. The minimum atomic E-state index is -0.288. The zero-order chi connectivity index (χ0) is 104. The van der Waals surface area contributed by atoms with Crippen molar-refractivity contribution in [3.05, 3.63) is 169 Å². The summed E-state index contributed by atoms with van der Waals surface area (Å²) in [5.74, 6) is 13.9. The first kappa shape index (κ1) is 103. The van der Waals surface area contributed by atoms with E-state index in [9.17, 15) is 49.8 Å². The number of amides is 6. The number of fused-ring (bicyclic) bond motifs is 4. The van der Waals surface area contributed by atoms with Crippen molar-refractivity contribution in [3.63, 3.8) is 0 Å². The number of piperazine rings is 5. The summed E-state index contributed by atoms with van der Waals surface area (Å²) in [6.07, 6.45) is 43.5. The summed E-state index contributed by atoms with van der Waals surface area (Å²) in [6, 6.07) is 32.2. The lowest BCUT2D eigenvalue weighted by Gasteiger charge is -2.35. The van der Waals surface area contributed by atoms with E-state index in [1.807, 2.05) is 95.0 Å². The van der Waals surface area contributed by atoms with E-state index in [-0.39, 0.29) is 47.1 Å². The van der Waals surface area contributed by atoms with Gasteiger partial charge >= 0.3 is 0 Å². The molecule has 8 aliphatic heterocycles. The van der Waals surface area contributed by atoms with E-state index in [2.05, 4.69) is 138 Å². The Morgan fingerprint density at radius 1 is 0.409 bits per heavy atom. The van der Waals surface area contributed by atoms with Crippen LogP contribution in [0.1, 0.15) is 48.9 Å². The van der Waals surface area contributed by atoms with Crippen LogP contribution in [-0.2, 0) is 38.2 Å². The van der Waals surface area contributed by atoms with E-state index in [1.54, 1.807) is 94.3 Å². The summed E-state index contributed by atoms with van der Waals surface area (Å²) in [4.78, 5) is 110. The minimum Gasteiger partial charge on any atom is -0.492 e. The molecule has 6 amide bonds. The van der Waals surface area contributed by atoms with Gasteiger partial charge in [0.25, 0.3) is 23.6 Å². The van der Waals surface area contributed by atoms with Crippen molar-refractivity contribution in [1.82, 2.24) is 109 Å². The number of terminal acetylenes is 4. The number of methoxy groups -OCH3 is 1. The van der Waals surface area contributed by atoms with Crippen molar-refractivity contribution in [1.29, 1.82) is 21.0 Å². The van der Waals surface area contributed by atoms with E-state index in [0.29, 0.717) is 251 Å². The van der Waals surface area contributed by atoms with Gasteiger partial charge in [0.05, 0.1) is 133 Å². The number of morpholine rings is 1. The molecule has 0 aliphatic carbocycles. The Labute approximate surface area is 861 Å². The van der Waals surface area contributed by atoms with E-state index >= 15 is 0 Å². The van der Waals surface area contributed by atoms with Gasteiger partial charge in [0, 0.05) is 226 Å². The maximum absolute atomic E-state index is 11.8. The van der Waals surface area contributed by atoms with Crippen LogP contribution in [0.5, 0.6) is 23.0 Å². The Kier molecular flexibility index (Phi) is 33.2. The number of aromatic nitrogens is 12. The first-order chi connectivity index (χ1) is 72.6. The van der Waals surface area contributed by atoms with Crippen molar-refractivity contribution in [2.45, 2.75) is 38.3 Å². The lowest BCUT2D eigenvalue weighted by atomic mass is 9.98. The number of rotatable bonds is 25. The molecule has 20 rings (SSSR count). The second-order valence-electron chi connectivity index (χ2n) is 37.3. The first-order valence-corrected chi connectivity index (χ1v) is 49.2. The number of piperidine rings is 1. The highest BCUT2D eigenvalue weighted by atomic mass is 16.5. The summed E-state index contributed by atoms with van der Waals surface area (Å²) >= 11 is 0. The Bertz CT molecular complexity index is 7220. The second kappa shape index (κ2) is 48.0. The molecule has 0 aromatic carbocycles. The quantitative estimate of drug-likeness (QED) is 0.0655. The molecule has 0 spiro atoms. The zero-order valence-electron chi connectivity index (χ0n) is 83.0. The molecule has 3 N–H and O–H groups in total. The van der Waals surface area contributed by atoms with E-state index in [4.69, 9.17) is 59.1 Å². The van der Waals surface area contributed by atoms with Crippen LogP contribution < -0.4 is 54.5 Å². The molecule has 8 saturated heterocycles. The normalized spacial score (nSPS) is 17.1. The average Bonchev–Trinajstić information content (AvgIpc) is 1.67. The zero-order valence-corrected chi connectivity index (χ0v) is 83.0. The summed E-state index contributed by atoms with van der Waals surface area (Å²) in [6.45, 7) is 24.8. The lowest BCUT2D eigenvalue weighted by Crippen LogP contribution is -2.54. The van der Waals surface area contributed by atoms with Crippen LogP contribution in [0.3, 0.4) is 0 Å². The number of ether oxygens (including phenoxy) is 6. The third-order valence-electron chi connectivity index (χ3n) is 27.2. The van der Waals surface area contributed by atoms with Gasteiger partial charge in [-0.05, 0) is 142 Å². The molecule has 8 fully saturated rings. The summed E-state index contributed by atoms with van der Waals surface area (Å²) in [5, 5.41) is 65.1. The number of carbonyl (C=O) groups is 6. The van der Waals surface area contributed by atoms with E-state index in [1.165, 1.54) is 12.4 Å². The van der Waals surface area contributed by atoms with Gasteiger partial charge in [-0.25, -0.2) is 38.0 Å². The van der Waals surface area contributed by atoms with Crippen molar-refractivity contribution in [2.24, 2.45) is 5.92 Å². The minimum absolute atomic E-state index is 0.0122. The fraction of sp³-hybridized carbons (Fsp3) is 0.383. The molecule has 12 aromatic heterocycles. The summed E-state index contributed by atoms with van der Waals surface area (Å²) < 4.78 is 42.2. The van der Waals surface area contributed by atoms with E-state index in [0.717, 1.165) is 119 Å². The number of carbonyl (C=O) groups excluding carboxylic acids is 6. The number of pyridine rings is 8. The number of hydrogen-bond donors (Lipinski definition) is 3. The molecule has 149 heavy (non-hydrogen) atoms. The Morgan fingerprint density at radius 3 is 1.04 bits per heavy atom. The predicted octanol–water partition coefficient (Wildman–Crippen LogP) is 4.66. The molecular formula is C107H112N30O12. The fourth-order valence-electron chi connectivity index (χ4n) is 18.8. The molecule has 42 nitrogen and oxygen atoms in total.